The monoisotopic (exact) mass is 532 g/mol. The first kappa shape index (κ1) is 28.7. The number of carboxylic acid groups (broad SMARTS) is 1. The predicted octanol–water partition coefficient (Wildman–Crippen LogP) is 4.23. The van der Waals surface area contributed by atoms with Gasteiger partial charge in [0.25, 0.3) is 0 Å². The van der Waals surface area contributed by atoms with E-state index in [2.05, 4.69) is 15.6 Å². The van der Waals surface area contributed by atoms with Crippen molar-refractivity contribution >= 4 is 34.4 Å². The highest BCUT2D eigenvalue weighted by atomic mass is 19.4. The van der Waals surface area contributed by atoms with Crippen molar-refractivity contribution in [3.63, 3.8) is 0 Å². The first-order valence-corrected chi connectivity index (χ1v) is 12.3. The molecule has 1 heterocycles. The number of benzene rings is 2. The van der Waals surface area contributed by atoms with Crippen LogP contribution < -0.4 is 16.4 Å². The molecule has 0 saturated heterocycles. The van der Waals surface area contributed by atoms with Gasteiger partial charge >= 0.3 is 12.1 Å². The van der Waals surface area contributed by atoms with E-state index < -0.39 is 18.2 Å². The van der Waals surface area contributed by atoms with Crippen LogP contribution in [0.5, 0.6) is 0 Å². The number of aromatic nitrogens is 1. The molecule has 6 N–H and O–H groups in total. The van der Waals surface area contributed by atoms with E-state index in [0.29, 0.717) is 24.6 Å². The van der Waals surface area contributed by atoms with E-state index in [1.807, 2.05) is 60.8 Å². The van der Waals surface area contributed by atoms with Crippen molar-refractivity contribution in [2.45, 2.75) is 44.3 Å². The molecule has 1 aliphatic rings. The summed E-state index contributed by atoms with van der Waals surface area (Å²) in [5.41, 5.74) is 8.45. The van der Waals surface area contributed by atoms with Crippen LogP contribution in [0.15, 0.2) is 60.8 Å². The maximum Gasteiger partial charge on any atom is 0.490 e. The molecule has 4 rings (SSSR count). The number of H-pyrrole nitrogens is 1. The van der Waals surface area contributed by atoms with Crippen molar-refractivity contribution in [1.29, 1.82) is 0 Å². The summed E-state index contributed by atoms with van der Waals surface area (Å²) in [6.45, 7) is 0.679. The lowest BCUT2D eigenvalue weighted by Gasteiger charge is -2.28. The first-order valence-electron chi connectivity index (χ1n) is 12.3. The van der Waals surface area contributed by atoms with E-state index in [0.717, 1.165) is 42.1 Å². The lowest BCUT2D eigenvalue weighted by atomic mass is 9.81. The Bertz CT molecular complexity index is 1220. The first-order chi connectivity index (χ1) is 18.1. The molecule has 0 aliphatic heterocycles. The molecular formula is C27H31F3N4O4. The number of hydrogen-bond acceptors (Lipinski definition) is 4. The summed E-state index contributed by atoms with van der Waals surface area (Å²) in [6, 6.07) is 16.9. The second kappa shape index (κ2) is 13.1. The van der Waals surface area contributed by atoms with Crippen LogP contribution in [0.1, 0.15) is 31.2 Å². The van der Waals surface area contributed by atoms with Crippen molar-refractivity contribution in [2.75, 3.05) is 11.9 Å². The Balaban J connectivity index is 0.000000505. The van der Waals surface area contributed by atoms with Gasteiger partial charge in [0, 0.05) is 29.7 Å². The number of aromatic amines is 1. The largest absolute Gasteiger partial charge is 0.490 e. The number of alkyl halides is 3. The number of anilines is 1. The van der Waals surface area contributed by atoms with Gasteiger partial charge in [-0.3, -0.25) is 9.59 Å². The van der Waals surface area contributed by atoms with Crippen molar-refractivity contribution in [2.24, 2.45) is 17.6 Å². The van der Waals surface area contributed by atoms with E-state index in [1.165, 1.54) is 0 Å². The van der Waals surface area contributed by atoms with Crippen LogP contribution in [0, 0.1) is 11.8 Å². The Morgan fingerprint density at radius 3 is 2.29 bits per heavy atom. The maximum absolute atomic E-state index is 13.2. The predicted molar refractivity (Wildman–Crippen MR) is 137 cm³/mol. The molecule has 8 nitrogen and oxygen atoms in total. The Hall–Kier alpha value is -3.86. The SMILES string of the molecule is NCC1CCC(C(=O)N[C@H](Cc2ccccc2)C(=O)Nc2ccc3cc[nH]c3c2)CC1.O=C(O)C(F)(F)F. The van der Waals surface area contributed by atoms with Crippen molar-refractivity contribution in [1.82, 2.24) is 10.3 Å². The van der Waals surface area contributed by atoms with Crippen LogP contribution in [0.3, 0.4) is 0 Å². The topological polar surface area (TPSA) is 137 Å². The van der Waals surface area contributed by atoms with Crippen LogP contribution in [-0.2, 0) is 20.8 Å². The van der Waals surface area contributed by atoms with Gasteiger partial charge in [-0.05, 0) is 67.3 Å². The standard InChI is InChI=1S/C25H30N4O2.C2HF3O2/c26-16-18-6-8-20(9-7-18)24(30)29-23(14-17-4-2-1-3-5-17)25(31)28-21-11-10-19-12-13-27-22(19)15-21;3-2(4,5)1(6)7/h1-5,10-13,15,18,20,23,27H,6-9,14,16,26H2,(H,28,31)(H,29,30);(H,6,7)/t18?,20?,23-;/m1./s1. The van der Waals surface area contributed by atoms with E-state index >= 15 is 0 Å². The van der Waals surface area contributed by atoms with E-state index in [4.69, 9.17) is 15.6 Å². The fourth-order valence-corrected chi connectivity index (χ4v) is 4.36. The summed E-state index contributed by atoms with van der Waals surface area (Å²) in [4.78, 5) is 38.2. The van der Waals surface area contributed by atoms with Gasteiger partial charge in [0.2, 0.25) is 11.8 Å². The summed E-state index contributed by atoms with van der Waals surface area (Å²) in [6.07, 6.45) is 0.837. The highest BCUT2D eigenvalue weighted by Crippen LogP contribution is 2.28. The minimum atomic E-state index is -5.08. The number of carboxylic acids is 1. The number of rotatable bonds is 7. The molecule has 0 spiro atoms. The molecule has 0 unspecified atom stereocenters. The summed E-state index contributed by atoms with van der Waals surface area (Å²) in [5.74, 6) is -2.54. The number of nitrogens with one attached hydrogen (secondary N) is 3. The maximum atomic E-state index is 13.2. The van der Waals surface area contributed by atoms with Crippen molar-refractivity contribution in [3.05, 3.63) is 66.4 Å². The summed E-state index contributed by atoms with van der Waals surface area (Å²) in [5, 5.41) is 14.2. The second-order valence-electron chi connectivity index (χ2n) is 9.28. The fourth-order valence-electron chi connectivity index (χ4n) is 4.36. The molecule has 2 aromatic carbocycles. The third kappa shape index (κ3) is 8.34. The number of fused-ring (bicyclic) bond motifs is 1. The number of aliphatic carboxylic acids is 1. The average molecular weight is 533 g/mol. The molecule has 0 bridgehead atoms. The van der Waals surface area contributed by atoms with Crippen molar-refractivity contribution in [3.8, 4) is 0 Å². The Morgan fingerprint density at radius 1 is 1.03 bits per heavy atom. The zero-order valence-corrected chi connectivity index (χ0v) is 20.6. The van der Waals surface area contributed by atoms with Gasteiger partial charge in [-0.15, -0.1) is 0 Å². The lowest BCUT2D eigenvalue weighted by Crippen LogP contribution is -2.48. The van der Waals surface area contributed by atoms with E-state index in [9.17, 15) is 22.8 Å². The number of halogens is 3. The Morgan fingerprint density at radius 2 is 1.68 bits per heavy atom. The van der Waals surface area contributed by atoms with Gasteiger partial charge in [-0.2, -0.15) is 13.2 Å². The quantitative estimate of drug-likeness (QED) is 0.310. The molecule has 3 aromatic rings. The van der Waals surface area contributed by atoms with Crippen LogP contribution in [0.4, 0.5) is 18.9 Å². The van der Waals surface area contributed by atoms with Crippen molar-refractivity contribution < 1.29 is 32.7 Å². The van der Waals surface area contributed by atoms with Crippen LogP contribution >= 0.6 is 0 Å². The number of carbonyl (C=O) groups is 3. The smallest absolute Gasteiger partial charge is 0.475 e. The molecule has 0 radical (unpaired) electrons. The molecule has 38 heavy (non-hydrogen) atoms. The molecule has 11 heteroatoms. The molecule has 2 amide bonds. The van der Waals surface area contributed by atoms with Gasteiger partial charge in [-0.1, -0.05) is 36.4 Å². The highest BCUT2D eigenvalue weighted by Gasteiger charge is 2.38. The van der Waals surface area contributed by atoms with Gasteiger partial charge in [0.05, 0.1) is 0 Å². The third-order valence-electron chi connectivity index (χ3n) is 6.53. The third-order valence-corrected chi connectivity index (χ3v) is 6.53. The Kier molecular flexibility index (Phi) is 9.89. The number of hydrogen-bond donors (Lipinski definition) is 5. The minimum absolute atomic E-state index is 0.0358. The molecule has 1 saturated carbocycles. The molecule has 1 aliphatic carbocycles. The van der Waals surface area contributed by atoms with E-state index in [1.54, 1.807) is 0 Å². The second-order valence-corrected chi connectivity index (χ2v) is 9.28. The van der Waals surface area contributed by atoms with Gasteiger partial charge in [0.1, 0.15) is 6.04 Å². The number of amides is 2. The zero-order chi connectivity index (χ0) is 27.7. The van der Waals surface area contributed by atoms with Gasteiger partial charge in [-0.25, -0.2) is 4.79 Å². The molecule has 1 atom stereocenters. The highest BCUT2D eigenvalue weighted by molar-refractivity contribution is 5.99. The average Bonchev–Trinajstić information content (AvgIpc) is 3.36. The Labute approximate surface area is 217 Å². The van der Waals surface area contributed by atoms with Crippen LogP contribution in [0.2, 0.25) is 0 Å². The van der Waals surface area contributed by atoms with Gasteiger partial charge in [0.15, 0.2) is 0 Å². The van der Waals surface area contributed by atoms with Crippen LogP contribution in [0.25, 0.3) is 10.9 Å². The summed E-state index contributed by atoms with van der Waals surface area (Å²) in [7, 11) is 0. The summed E-state index contributed by atoms with van der Waals surface area (Å²) < 4.78 is 31.7. The molecule has 1 fully saturated rings. The molecule has 204 valence electrons. The van der Waals surface area contributed by atoms with Crippen LogP contribution in [-0.4, -0.2) is 46.6 Å². The molecule has 1 aromatic heterocycles. The normalized spacial score (nSPS) is 18.1. The fraction of sp³-hybridized carbons (Fsp3) is 0.370. The summed E-state index contributed by atoms with van der Waals surface area (Å²) >= 11 is 0. The van der Waals surface area contributed by atoms with E-state index in [-0.39, 0.29) is 17.7 Å². The zero-order valence-electron chi connectivity index (χ0n) is 20.6. The molecular weight excluding hydrogens is 501 g/mol. The minimum Gasteiger partial charge on any atom is -0.475 e. The lowest BCUT2D eigenvalue weighted by molar-refractivity contribution is -0.192. The number of carbonyl (C=O) groups excluding carboxylic acids is 2. The van der Waals surface area contributed by atoms with Gasteiger partial charge < -0.3 is 26.5 Å². The number of nitrogens with two attached hydrogens (primary N) is 1.